The number of carbonyl (C=O) groups excluding carboxylic acids is 1. The Bertz CT molecular complexity index is 405. The molecule has 1 aromatic rings. The number of aliphatic hydroxyl groups excluding tert-OH is 1. The Labute approximate surface area is 108 Å². The number of rotatable bonds is 6. The summed E-state index contributed by atoms with van der Waals surface area (Å²) in [5.41, 5.74) is 1.02. The maximum absolute atomic E-state index is 11.6. The third-order valence-corrected chi connectivity index (χ3v) is 2.53. The molecular formula is C13H21N3O2. The lowest BCUT2D eigenvalue weighted by atomic mass is 9.95. The standard InChI is InChI=1S/C13H21N3O2/c1-4-14-12(18)11-7-10(5-6-15-11)16-8-13(2,3)9-17/h5-7,17H,4,8-9H2,1-3H3,(H,14,18)(H,15,16). The van der Waals surface area contributed by atoms with E-state index in [4.69, 9.17) is 5.11 Å². The first-order valence-electron chi connectivity index (χ1n) is 6.07. The number of amides is 1. The zero-order valence-electron chi connectivity index (χ0n) is 11.2. The van der Waals surface area contributed by atoms with Crippen LogP contribution in [0.3, 0.4) is 0 Å². The van der Waals surface area contributed by atoms with Crippen molar-refractivity contribution in [3.05, 3.63) is 24.0 Å². The summed E-state index contributed by atoms with van der Waals surface area (Å²) in [4.78, 5) is 15.6. The second-order valence-electron chi connectivity index (χ2n) is 4.97. The summed E-state index contributed by atoms with van der Waals surface area (Å²) >= 11 is 0. The van der Waals surface area contributed by atoms with Crippen LogP contribution in [0.1, 0.15) is 31.3 Å². The van der Waals surface area contributed by atoms with Gasteiger partial charge in [-0.2, -0.15) is 0 Å². The molecule has 0 bridgehead atoms. The first kappa shape index (κ1) is 14.4. The number of hydrogen-bond donors (Lipinski definition) is 3. The van der Waals surface area contributed by atoms with Crippen LogP contribution < -0.4 is 10.6 Å². The van der Waals surface area contributed by atoms with E-state index in [1.54, 1.807) is 18.3 Å². The third-order valence-electron chi connectivity index (χ3n) is 2.53. The molecule has 0 aromatic carbocycles. The minimum atomic E-state index is -0.199. The second-order valence-corrected chi connectivity index (χ2v) is 4.97. The number of aromatic nitrogens is 1. The van der Waals surface area contributed by atoms with Crippen molar-refractivity contribution in [1.29, 1.82) is 0 Å². The molecule has 1 amide bonds. The Morgan fingerprint density at radius 1 is 1.50 bits per heavy atom. The van der Waals surface area contributed by atoms with E-state index < -0.39 is 0 Å². The first-order valence-corrected chi connectivity index (χ1v) is 6.07. The monoisotopic (exact) mass is 251 g/mol. The van der Waals surface area contributed by atoms with Crippen molar-refractivity contribution in [1.82, 2.24) is 10.3 Å². The molecule has 0 aliphatic heterocycles. The molecule has 0 spiro atoms. The maximum Gasteiger partial charge on any atom is 0.269 e. The van der Waals surface area contributed by atoms with E-state index in [1.165, 1.54) is 0 Å². The summed E-state index contributed by atoms with van der Waals surface area (Å²) in [6.45, 7) is 7.11. The molecule has 18 heavy (non-hydrogen) atoms. The van der Waals surface area contributed by atoms with Crippen LogP contribution in [-0.4, -0.2) is 35.7 Å². The van der Waals surface area contributed by atoms with E-state index in [0.717, 1.165) is 5.69 Å². The zero-order chi connectivity index (χ0) is 13.6. The van der Waals surface area contributed by atoms with Crippen LogP contribution in [0.4, 0.5) is 5.69 Å². The van der Waals surface area contributed by atoms with Gasteiger partial charge in [-0.1, -0.05) is 13.8 Å². The molecule has 0 unspecified atom stereocenters. The SMILES string of the molecule is CCNC(=O)c1cc(NCC(C)(C)CO)ccn1. The summed E-state index contributed by atoms with van der Waals surface area (Å²) < 4.78 is 0. The molecule has 5 heteroatoms. The van der Waals surface area contributed by atoms with E-state index in [1.807, 2.05) is 20.8 Å². The maximum atomic E-state index is 11.6. The van der Waals surface area contributed by atoms with Crippen LogP contribution in [0.5, 0.6) is 0 Å². The topological polar surface area (TPSA) is 74.2 Å². The molecule has 0 aliphatic rings. The molecular weight excluding hydrogens is 230 g/mol. The average Bonchev–Trinajstić information content (AvgIpc) is 2.37. The second kappa shape index (κ2) is 6.35. The van der Waals surface area contributed by atoms with E-state index >= 15 is 0 Å². The molecule has 3 N–H and O–H groups in total. The number of nitrogens with one attached hydrogen (secondary N) is 2. The fourth-order valence-electron chi connectivity index (χ4n) is 1.31. The predicted octanol–water partition coefficient (Wildman–Crippen LogP) is 1.26. The number of anilines is 1. The molecule has 1 heterocycles. The highest BCUT2D eigenvalue weighted by Crippen LogP contribution is 2.16. The van der Waals surface area contributed by atoms with Crippen molar-refractivity contribution >= 4 is 11.6 Å². The summed E-state index contributed by atoms with van der Waals surface area (Å²) in [6.07, 6.45) is 1.60. The molecule has 1 rings (SSSR count). The van der Waals surface area contributed by atoms with Crippen molar-refractivity contribution in [3.63, 3.8) is 0 Å². The largest absolute Gasteiger partial charge is 0.396 e. The van der Waals surface area contributed by atoms with Gasteiger partial charge in [-0.3, -0.25) is 9.78 Å². The van der Waals surface area contributed by atoms with Crippen molar-refractivity contribution in [2.75, 3.05) is 25.0 Å². The van der Waals surface area contributed by atoms with Crippen molar-refractivity contribution in [3.8, 4) is 0 Å². The van der Waals surface area contributed by atoms with E-state index in [2.05, 4.69) is 15.6 Å². The molecule has 0 atom stereocenters. The van der Waals surface area contributed by atoms with Gasteiger partial charge in [0.05, 0.1) is 0 Å². The van der Waals surface area contributed by atoms with Crippen LogP contribution >= 0.6 is 0 Å². The molecule has 0 fully saturated rings. The van der Waals surface area contributed by atoms with E-state index in [9.17, 15) is 4.79 Å². The number of nitrogens with zero attached hydrogens (tertiary/aromatic N) is 1. The van der Waals surface area contributed by atoms with Gasteiger partial charge in [0, 0.05) is 37.0 Å². The summed E-state index contributed by atoms with van der Waals surface area (Å²) in [6, 6.07) is 3.51. The molecule has 0 saturated carbocycles. The highest BCUT2D eigenvalue weighted by atomic mass is 16.3. The Morgan fingerprint density at radius 3 is 2.83 bits per heavy atom. The van der Waals surface area contributed by atoms with Gasteiger partial charge in [-0.15, -0.1) is 0 Å². The van der Waals surface area contributed by atoms with Gasteiger partial charge in [0.25, 0.3) is 5.91 Å². The molecule has 0 radical (unpaired) electrons. The Hall–Kier alpha value is -1.62. The van der Waals surface area contributed by atoms with Gasteiger partial charge < -0.3 is 15.7 Å². The van der Waals surface area contributed by atoms with Crippen LogP contribution in [-0.2, 0) is 0 Å². The average molecular weight is 251 g/mol. The van der Waals surface area contributed by atoms with Crippen LogP contribution in [0.25, 0.3) is 0 Å². The van der Waals surface area contributed by atoms with Gasteiger partial charge in [-0.05, 0) is 19.1 Å². The van der Waals surface area contributed by atoms with E-state index in [-0.39, 0.29) is 17.9 Å². The smallest absolute Gasteiger partial charge is 0.269 e. The number of hydrogen-bond acceptors (Lipinski definition) is 4. The summed E-state index contributed by atoms with van der Waals surface area (Å²) in [5, 5.41) is 15.1. The fraction of sp³-hybridized carbons (Fsp3) is 0.538. The number of pyridine rings is 1. The molecule has 5 nitrogen and oxygen atoms in total. The highest BCUT2D eigenvalue weighted by molar-refractivity contribution is 5.93. The summed E-state index contributed by atoms with van der Waals surface area (Å²) in [5.74, 6) is -0.178. The number of carbonyl (C=O) groups is 1. The minimum Gasteiger partial charge on any atom is -0.396 e. The molecule has 1 aromatic heterocycles. The van der Waals surface area contributed by atoms with Gasteiger partial charge in [-0.25, -0.2) is 0 Å². The Balaban J connectivity index is 2.68. The van der Waals surface area contributed by atoms with Gasteiger partial charge in [0.2, 0.25) is 0 Å². The first-order chi connectivity index (χ1) is 8.48. The number of aliphatic hydroxyl groups is 1. The Kier molecular flexibility index (Phi) is 5.09. The van der Waals surface area contributed by atoms with Crippen LogP contribution in [0.2, 0.25) is 0 Å². The van der Waals surface area contributed by atoms with Crippen molar-refractivity contribution < 1.29 is 9.90 Å². The fourth-order valence-corrected chi connectivity index (χ4v) is 1.31. The van der Waals surface area contributed by atoms with Gasteiger partial charge in [0.15, 0.2) is 0 Å². The van der Waals surface area contributed by atoms with E-state index in [0.29, 0.717) is 18.8 Å². The van der Waals surface area contributed by atoms with Gasteiger partial charge >= 0.3 is 0 Å². The Morgan fingerprint density at radius 2 is 2.22 bits per heavy atom. The predicted molar refractivity (Wildman–Crippen MR) is 71.6 cm³/mol. The zero-order valence-corrected chi connectivity index (χ0v) is 11.2. The lowest BCUT2D eigenvalue weighted by molar-refractivity contribution is 0.0951. The minimum absolute atomic E-state index is 0.105. The lowest BCUT2D eigenvalue weighted by Crippen LogP contribution is -2.27. The molecule has 0 aliphatic carbocycles. The van der Waals surface area contributed by atoms with Crippen LogP contribution in [0, 0.1) is 5.41 Å². The quantitative estimate of drug-likeness (QED) is 0.711. The van der Waals surface area contributed by atoms with Crippen LogP contribution in [0.15, 0.2) is 18.3 Å². The third kappa shape index (κ3) is 4.33. The van der Waals surface area contributed by atoms with Crippen molar-refractivity contribution in [2.24, 2.45) is 5.41 Å². The highest BCUT2D eigenvalue weighted by Gasteiger charge is 2.16. The normalized spacial score (nSPS) is 11.1. The summed E-state index contributed by atoms with van der Waals surface area (Å²) in [7, 11) is 0. The molecule has 100 valence electrons. The molecule has 0 saturated heterocycles. The van der Waals surface area contributed by atoms with Crippen molar-refractivity contribution in [2.45, 2.75) is 20.8 Å². The lowest BCUT2D eigenvalue weighted by Gasteiger charge is -2.22. The van der Waals surface area contributed by atoms with Gasteiger partial charge in [0.1, 0.15) is 5.69 Å².